The van der Waals surface area contributed by atoms with Crippen LogP contribution in [0.5, 0.6) is 11.5 Å². The fraction of sp³-hybridized carbons (Fsp3) is 0.417. The molecule has 188 valence electrons. The van der Waals surface area contributed by atoms with Gasteiger partial charge in [-0.25, -0.2) is 13.2 Å². The molecule has 1 saturated carbocycles. The number of ether oxygens (including phenoxy) is 2. The summed E-state index contributed by atoms with van der Waals surface area (Å²) in [5.74, 6) is 0.0316. The lowest BCUT2D eigenvalue weighted by Crippen LogP contribution is -2.58. The van der Waals surface area contributed by atoms with Gasteiger partial charge in [-0.2, -0.15) is 4.72 Å². The van der Waals surface area contributed by atoms with Crippen molar-refractivity contribution < 1.29 is 27.5 Å². The van der Waals surface area contributed by atoms with Gasteiger partial charge in [-0.1, -0.05) is 24.3 Å². The number of carbonyl (C=O) groups excluding carboxylic acids is 2. The van der Waals surface area contributed by atoms with Crippen molar-refractivity contribution in [2.75, 3.05) is 33.1 Å². The van der Waals surface area contributed by atoms with E-state index in [1.165, 1.54) is 12.0 Å². The van der Waals surface area contributed by atoms with Gasteiger partial charge >= 0.3 is 6.03 Å². The number of rotatable bonds is 11. The van der Waals surface area contributed by atoms with Crippen LogP contribution in [0.3, 0.4) is 0 Å². The molecule has 3 N–H and O–H groups in total. The lowest BCUT2D eigenvalue weighted by Gasteiger charge is -2.38. The van der Waals surface area contributed by atoms with Gasteiger partial charge in [-0.15, -0.1) is 0 Å². The second kappa shape index (κ2) is 10.1. The van der Waals surface area contributed by atoms with Crippen molar-refractivity contribution in [3.63, 3.8) is 0 Å². The minimum atomic E-state index is -4.10. The van der Waals surface area contributed by atoms with Crippen molar-refractivity contribution in [3.05, 3.63) is 59.7 Å². The van der Waals surface area contributed by atoms with Crippen LogP contribution in [0.15, 0.2) is 48.5 Å². The van der Waals surface area contributed by atoms with Gasteiger partial charge in [0.2, 0.25) is 15.9 Å². The number of carbonyl (C=O) groups is 2. The molecule has 10 nitrogen and oxygen atoms in total. The van der Waals surface area contributed by atoms with Crippen LogP contribution in [-0.2, 0) is 26.9 Å². The SMILES string of the molecule is COc1ccc(CCN2C(=O)NCC2(NS(=O)(=O)CC(=O)NC2CC2)c2ccc(OC)cc2)cc1. The monoisotopic (exact) mass is 502 g/mol. The minimum absolute atomic E-state index is 0.00422. The summed E-state index contributed by atoms with van der Waals surface area (Å²) >= 11 is 0. The minimum Gasteiger partial charge on any atom is -0.497 e. The van der Waals surface area contributed by atoms with E-state index in [4.69, 9.17) is 9.47 Å². The van der Waals surface area contributed by atoms with Gasteiger partial charge in [0, 0.05) is 12.6 Å². The quantitative estimate of drug-likeness (QED) is 0.426. The van der Waals surface area contributed by atoms with Crippen LogP contribution in [0.2, 0.25) is 0 Å². The van der Waals surface area contributed by atoms with Crippen LogP contribution < -0.4 is 24.8 Å². The number of urea groups is 1. The first-order chi connectivity index (χ1) is 16.7. The van der Waals surface area contributed by atoms with Gasteiger partial charge in [0.15, 0.2) is 5.66 Å². The van der Waals surface area contributed by atoms with Gasteiger partial charge in [0.25, 0.3) is 0 Å². The third kappa shape index (κ3) is 5.85. The number of benzene rings is 2. The third-order valence-corrected chi connectivity index (χ3v) is 7.43. The highest BCUT2D eigenvalue weighted by molar-refractivity contribution is 7.90. The van der Waals surface area contributed by atoms with E-state index in [9.17, 15) is 18.0 Å². The predicted molar refractivity (Wildman–Crippen MR) is 130 cm³/mol. The number of sulfonamides is 1. The summed E-state index contributed by atoms with van der Waals surface area (Å²) in [4.78, 5) is 26.7. The normalized spacial score (nSPS) is 19.8. The lowest BCUT2D eigenvalue weighted by molar-refractivity contribution is -0.118. The molecule has 2 aliphatic rings. The van der Waals surface area contributed by atoms with Gasteiger partial charge < -0.3 is 20.1 Å². The van der Waals surface area contributed by atoms with Crippen LogP contribution in [0, 0.1) is 0 Å². The van der Waals surface area contributed by atoms with Gasteiger partial charge in [0.1, 0.15) is 17.3 Å². The molecule has 0 radical (unpaired) electrons. The molecule has 0 bridgehead atoms. The van der Waals surface area contributed by atoms with E-state index >= 15 is 0 Å². The molecule has 0 aromatic heterocycles. The average molecular weight is 503 g/mol. The Bertz CT molecular complexity index is 1170. The van der Waals surface area contributed by atoms with Crippen LogP contribution >= 0.6 is 0 Å². The number of nitrogens with zero attached hydrogens (tertiary/aromatic N) is 1. The van der Waals surface area contributed by atoms with Gasteiger partial charge in [-0.05, 0) is 54.7 Å². The molecular weight excluding hydrogens is 472 g/mol. The predicted octanol–water partition coefficient (Wildman–Crippen LogP) is 1.32. The lowest BCUT2D eigenvalue weighted by atomic mass is 9.99. The Balaban J connectivity index is 1.61. The highest BCUT2D eigenvalue weighted by Gasteiger charge is 2.49. The Morgan fingerprint density at radius 2 is 1.66 bits per heavy atom. The topological polar surface area (TPSA) is 126 Å². The molecule has 1 atom stereocenters. The van der Waals surface area contributed by atoms with E-state index in [-0.39, 0.29) is 19.1 Å². The molecule has 11 heteroatoms. The smallest absolute Gasteiger partial charge is 0.319 e. The maximum Gasteiger partial charge on any atom is 0.319 e. The molecule has 2 aromatic carbocycles. The Morgan fingerprint density at radius 3 is 2.23 bits per heavy atom. The fourth-order valence-electron chi connectivity index (χ4n) is 4.13. The molecule has 1 saturated heterocycles. The molecule has 3 amide bonds. The first-order valence-electron chi connectivity index (χ1n) is 11.4. The maximum absolute atomic E-state index is 13.1. The zero-order chi connectivity index (χ0) is 25.1. The van der Waals surface area contributed by atoms with E-state index < -0.39 is 33.4 Å². The summed E-state index contributed by atoms with van der Waals surface area (Å²) in [5, 5.41) is 5.47. The Morgan fingerprint density at radius 1 is 1.06 bits per heavy atom. The van der Waals surface area contributed by atoms with Gasteiger partial charge in [0.05, 0.1) is 20.8 Å². The van der Waals surface area contributed by atoms with Crippen molar-refractivity contribution in [1.82, 2.24) is 20.3 Å². The summed E-state index contributed by atoms with van der Waals surface area (Å²) in [6.45, 7) is 0.241. The molecule has 4 rings (SSSR count). The summed E-state index contributed by atoms with van der Waals surface area (Å²) in [6.07, 6.45) is 2.19. The van der Waals surface area contributed by atoms with E-state index in [1.54, 1.807) is 31.4 Å². The number of hydrogen-bond donors (Lipinski definition) is 3. The van der Waals surface area contributed by atoms with E-state index in [0.29, 0.717) is 17.7 Å². The van der Waals surface area contributed by atoms with Crippen LogP contribution in [0.4, 0.5) is 4.79 Å². The summed E-state index contributed by atoms with van der Waals surface area (Å²) in [6, 6.07) is 13.9. The molecule has 2 aromatic rings. The Hall–Kier alpha value is -3.31. The maximum atomic E-state index is 13.1. The molecule has 1 aliphatic heterocycles. The summed E-state index contributed by atoms with van der Waals surface area (Å²) in [5.41, 5.74) is 0.104. The Labute approximate surface area is 205 Å². The van der Waals surface area contributed by atoms with Crippen molar-refractivity contribution >= 4 is 22.0 Å². The number of hydrogen-bond acceptors (Lipinski definition) is 6. The second-order valence-electron chi connectivity index (χ2n) is 8.70. The van der Waals surface area contributed by atoms with Crippen molar-refractivity contribution in [1.29, 1.82) is 0 Å². The van der Waals surface area contributed by atoms with Gasteiger partial charge in [-0.3, -0.25) is 9.69 Å². The molecule has 0 spiro atoms. The zero-order valence-corrected chi connectivity index (χ0v) is 20.6. The van der Waals surface area contributed by atoms with Crippen molar-refractivity contribution in [3.8, 4) is 11.5 Å². The first-order valence-corrected chi connectivity index (χ1v) is 13.0. The van der Waals surface area contributed by atoms with E-state index in [1.807, 2.05) is 24.3 Å². The van der Waals surface area contributed by atoms with E-state index in [2.05, 4.69) is 15.4 Å². The zero-order valence-electron chi connectivity index (χ0n) is 19.7. The highest BCUT2D eigenvalue weighted by Crippen LogP contribution is 2.32. The van der Waals surface area contributed by atoms with Crippen LogP contribution in [0.1, 0.15) is 24.0 Å². The standard InChI is InChI=1S/C24H30N4O6S/c1-33-20-9-3-17(4-10-20)13-14-28-23(30)25-16-24(28,18-5-11-21(34-2)12-6-18)27-35(31,32)15-22(29)26-19-7-8-19/h3-6,9-12,19,27H,7-8,13-16H2,1-2H3,(H,25,30)(H,26,29). The molecule has 1 aliphatic carbocycles. The van der Waals surface area contributed by atoms with Crippen molar-refractivity contribution in [2.45, 2.75) is 31.0 Å². The molecule has 1 heterocycles. The highest BCUT2D eigenvalue weighted by atomic mass is 32.2. The number of nitrogens with one attached hydrogen (secondary N) is 3. The summed E-state index contributed by atoms with van der Waals surface area (Å²) in [7, 11) is -0.974. The van der Waals surface area contributed by atoms with E-state index in [0.717, 1.165) is 24.2 Å². The number of amides is 3. The average Bonchev–Trinajstić information content (AvgIpc) is 3.60. The second-order valence-corrected chi connectivity index (χ2v) is 10.4. The molecular formula is C24H30N4O6S. The molecule has 35 heavy (non-hydrogen) atoms. The fourth-order valence-corrected chi connectivity index (χ4v) is 5.45. The van der Waals surface area contributed by atoms with Crippen molar-refractivity contribution in [2.24, 2.45) is 0 Å². The molecule has 1 unspecified atom stereocenters. The number of methoxy groups -OCH3 is 2. The van der Waals surface area contributed by atoms with Crippen LogP contribution in [-0.4, -0.2) is 64.4 Å². The third-order valence-electron chi connectivity index (χ3n) is 6.14. The first kappa shape index (κ1) is 24.8. The Kier molecular flexibility index (Phi) is 7.18. The summed E-state index contributed by atoms with van der Waals surface area (Å²) < 4.78 is 39.3. The van der Waals surface area contributed by atoms with Crippen LogP contribution in [0.25, 0.3) is 0 Å². The largest absolute Gasteiger partial charge is 0.497 e. The molecule has 2 fully saturated rings.